The van der Waals surface area contributed by atoms with Gasteiger partial charge in [0.1, 0.15) is 0 Å². The van der Waals surface area contributed by atoms with E-state index in [-0.39, 0.29) is 30.1 Å². The van der Waals surface area contributed by atoms with Gasteiger partial charge in [0, 0.05) is 17.4 Å². The third-order valence-corrected chi connectivity index (χ3v) is 3.40. The molecule has 0 aliphatic heterocycles. The lowest BCUT2D eigenvalue weighted by Gasteiger charge is -2.17. The van der Waals surface area contributed by atoms with E-state index in [1.165, 1.54) is 0 Å². The zero-order chi connectivity index (χ0) is 19.2. The van der Waals surface area contributed by atoms with E-state index in [1.54, 1.807) is 26.8 Å². The van der Waals surface area contributed by atoms with Crippen molar-refractivity contribution in [3.05, 3.63) is 43.0 Å². The number of carbonyl (C=O) groups excluding carboxylic acids is 2. The smallest absolute Gasteiger partial charge is 0.234 e. The molecule has 0 spiro atoms. The molecule has 26 heavy (non-hydrogen) atoms. The van der Waals surface area contributed by atoms with Gasteiger partial charge in [0.15, 0.2) is 5.82 Å². The van der Waals surface area contributed by atoms with Gasteiger partial charge in [0.05, 0.1) is 0 Å². The minimum Gasteiger partial charge on any atom is -0.294 e. The Bertz CT molecular complexity index is 797. The van der Waals surface area contributed by atoms with Gasteiger partial charge in [0.2, 0.25) is 23.7 Å². The van der Waals surface area contributed by atoms with Gasteiger partial charge in [-0.05, 0) is 6.42 Å². The molecule has 7 heteroatoms. The van der Waals surface area contributed by atoms with Gasteiger partial charge in [-0.1, -0.05) is 57.2 Å². The molecule has 0 aliphatic carbocycles. The van der Waals surface area contributed by atoms with Crippen LogP contribution in [0.5, 0.6) is 0 Å². The van der Waals surface area contributed by atoms with Gasteiger partial charge in [-0.3, -0.25) is 20.2 Å². The lowest BCUT2D eigenvalue weighted by atomic mass is 9.96. The summed E-state index contributed by atoms with van der Waals surface area (Å²) in [6.45, 7) is 8.97. The van der Waals surface area contributed by atoms with E-state index < -0.39 is 5.41 Å². The SMILES string of the molecule is C=CCCC(=O)Nc1nc(NC(=O)C(C)(C)C)nc(-c2ccccc2)n1. The third kappa shape index (κ3) is 5.47. The largest absolute Gasteiger partial charge is 0.294 e. The van der Waals surface area contributed by atoms with Crippen LogP contribution in [0.15, 0.2) is 43.0 Å². The van der Waals surface area contributed by atoms with Crippen LogP contribution >= 0.6 is 0 Å². The first-order valence-electron chi connectivity index (χ1n) is 8.33. The number of allylic oxidation sites excluding steroid dienone is 1. The molecular formula is C19H23N5O2. The van der Waals surface area contributed by atoms with Crippen molar-refractivity contribution in [2.24, 2.45) is 5.41 Å². The van der Waals surface area contributed by atoms with Crippen LogP contribution in [-0.4, -0.2) is 26.8 Å². The molecule has 2 rings (SSSR count). The number of anilines is 2. The monoisotopic (exact) mass is 353 g/mol. The molecular weight excluding hydrogens is 330 g/mol. The molecule has 0 fully saturated rings. The van der Waals surface area contributed by atoms with Crippen molar-refractivity contribution in [1.29, 1.82) is 0 Å². The maximum Gasteiger partial charge on any atom is 0.234 e. The highest BCUT2D eigenvalue weighted by molar-refractivity contribution is 5.93. The molecule has 1 aromatic heterocycles. The van der Waals surface area contributed by atoms with Gasteiger partial charge in [-0.25, -0.2) is 0 Å². The predicted molar refractivity (Wildman–Crippen MR) is 101 cm³/mol. The van der Waals surface area contributed by atoms with E-state index in [2.05, 4.69) is 32.2 Å². The Morgan fingerprint density at radius 1 is 1.04 bits per heavy atom. The van der Waals surface area contributed by atoms with E-state index in [1.807, 2.05) is 30.3 Å². The molecule has 2 aromatic rings. The first-order chi connectivity index (χ1) is 12.3. The number of nitrogens with one attached hydrogen (secondary N) is 2. The predicted octanol–water partition coefficient (Wildman–Crippen LogP) is 3.43. The molecule has 0 atom stereocenters. The van der Waals surface area contributed by atoms with Crippen LogP contribution in [0.25, 0.3) is 11.4 Å². The number of nitrogens with zero attached hydrogens (tertiary/aromatic N) is 3. The Morgan fingerprint density at radius 3 is 2.23 bits per heavy atom. The molecule has 0 aliphatic rings. The number of aromatic nitrogens is 3. The lowest BCUT2D eigenvalue weighted by molar-refractivity contribution is -0.123. The molecule has 1 heterocycles. The second-order valence-corrected chi connectivity index (χ2v) is 6.75. The minimum atomic E-state index is -0.604. The van der Waals surface area contributed by atoms with Crippen molar-refractivity contribution in [1.82, 2.24) is 15.0 Å². The van der Waals surface area contributed by atoms with Crippen LogP contribution in [0.3, 0.4) is 0 Å². The van der Waals surface area contributed by atoms with Crippen molar-refractivity contribution in [3.8, 4) is 11.4 Å². The van der Waals surface area contributed by atoms with E-state index in [9.17, 15) is 9.59 Å². The van der Waals surface area contributed by atoms with Crippen molar-refractivity contribution < 1.29 is 9.59 Å². The zero-order valence-corrected chi connectivity index (χ0v) is 15.2. The Morgan fingerprint density at radius 2 is 1.65 bits per heavy atom. The summed E-state index contributed by atoms with van der Waals surface area (Å²) < 4.78 is 0. The molecule has 136 valence electrons. The van der Waals surface area contributed by atoms with Crippen molar-refractivity contribution in [2.75, 3.05) is 10.6 Å². The Hall–Kier alpha value is -3.09. The molecule has 0 saturated carbocycles. The highest BCUT2D eigenvalue weighted by Gasteiger charge is 2.23. The van der Waals surface area contributed by atoms with Crippen LogP contribution in [0, 0.1) is 5.41 Å². The normalized spacial score (nSPS) is 10.9. The number of hydrogen-bond donors (Lipinski definition) is 2. The molecule has 1 aromatic carbocycles. The number of carbonyl (C=O) groups is 2. The number of rotatable bonds is 6. The van der Waals surface area contributed by atoms with E-state index in [4.69, 9.17) is 0 Å². The number of benzene rings is 1. The molecule has 7 nitrogen and oxygen atoms in total. The van der Waals surface area contributed by atoms with Crippen LogP contribution < -0.4 is 10.6 Å². The van der Waals surface area contributed by atoms with E-state index >= 15 is 0 Å². The van der Waals surface area contributed by atoms with Gasteiger partial charge < -0.3 is 0 Å². The summed E-state index contributed by atoms with van der Waals surface area (Å²) in [7, 11) is 0. The first kappa shape index (κ1) is 19.2. The topological polar surface area (TPSA) is 96.9 Å². The standard InChI is InChI=1S/C19H23N5O2/c1-5-6-12-14(25)20-17-21-15(13-10-8-7-9-11-13)22-18(24-17)23-16(26)19(2,3)4/h5,7-11H,1,6,12H2,2-4H3,(H2,20,21,22,23,24,25,26). The summed E-state index contributed by atoms with van der Waals surface area (Å²) in [5.74, 6) is 0.0913. The number of hydrogen-bond acceptors (Lipinski definition) is 5. The first-order valence-corrected chi connectivity index (χ1v) is 8.33. The van der Waals surface area contributed by atoms with Crippen LogP contribution in [-0.2, 0) is 9.59 Å². The zero-order valence-electron chi connectivity index (χ0n) is 15.2. The summed E-state index contributed by atoms with van der Waals surface area (Å²) in [5.41, 5.74) is 0.148. The highest BCUT2D eigenvalue weighted by Crippen LogP contribution is 2.20. The third-order valence-electron chi connectivity index (χ3n) is 3.40. The highest BCUT2D eigenvalue weighted by atomic mass is 16.2. The second-order valence-electron chi connectivity index (χ2n) is 6.75. The molecule has 0 unspecified atom stereocenters. The van der Waals surface area contributed by atoms with E-state index in [0.717, 1.165) is 5.56 Å². The molecule has 2 amide bonds. The molecule has 0 saturated heterocycles. The maximum atomic E-state index is 12.2. The summed E-state index contributed by atoms with van der Waals surface area (Å²) in [6.07, 6.45) is 2.49. The van der Waals surface area contributed by atoms with E-state index in [0.29, 0.717) is 12.2 Å². The fraction of sp³-hybridized carbons (Fsp3) is 0.316. The average Bonchev–Trinajstić information content (AvgIpc) is 2.59. The van der Waals surface area contributed by atoms with Gasteiger partial charge in [-0.2, -0.15) is 15.0 Å². The summed E-state index contributed by atoms with van der Waals surface area (Å²) in [4.78, 5) is 37.0. The van der Waals surface area contributed by atoms with Crippen LogP contribution in [0.1, 0.15) is 33.6 Å². The Kier molecular flexibility index (Phi) is 6.16. The fourth-order valence-electron chi connectivity index (χ4n) is 1.91. The molecule has 2 N–H and O–H groups in total. The second kappa shape index (κ2) is 8.33. The molecule has 0 bridgehead atoms. The molecule has 0 radical (unpaired) electrons. The fourth-order valence-corrected chi connectivity index (χ4v) is 1.91. The quantitative estimate of drug-likeness (QED) is 0.776. The summed E-state index contributed by atoms with van der Waals surface area (Å²) in [6, 6.07) is 9.27. The average molecular weight is 353 g/mol. The van der Waals surface area contributed by atoms with Crippen molar-refractivity contribution in [3.63, 3.8) is 0 Å². The Labute approximate surface area is 153 Å². The van der Waals surface area contributed by atoms with Crippen molar-refractivity contribution >= 4 is 23.7 Å². The number of amides is 2. The van der Waals surface area contributed by atoms with Crippen molar-refractivity contribution in [2.45, 2.75) is 33.6 Å². The van der Waals surface area contributed by atoms with Crippen LogP contribution in [0.4, 0.5) is 11.9 Å². The maximum absolute atomic E-state index is 12.2. The minimum absolute atomic E-state index is 0.0946. The van der Waals surface area contributed by atoms with Crippen LogP contribution in [0.2, 0.25) is 0 Å². The van der Waals surface area contributed by atoms with Gasteiger partial charge in [0.25, 0.3) is 0 Å². The Balaban J connectivity index is 2.34. The van der Waals surface area contributed by atoms with Gasteiger partial charge >= 0.3 is 0 Å². The summed E-state index contributed by atoms with van der Waals surface area (Å²) in [5, 5.41) is 5.32. The summed E-state index contributed by atoms with van der Waals surface area (Å²) >= 11 is 0. The lowest BCUT2D eigenvalue weighted by Crippen LogP contribution is -2.29. The van der Waals surface area contributed by atoms with Gasteiger partial charge in [-0.15, -0.1) is 6.58 Å².